The van der Waals surface area contributed by atoms with Gasteiger partial charge in [-0.05, 0) is 65.9 Å². The van der Waals surface area contributed by atoms with E-state index in [1.165, 1.54) is 0 Å². The predicted molar refractivity (Wildman–Crippen MR) is 151 cm³/mol. The molecule has 1 fully saturated rings. The predicted octanol–water partition coefficient (Wildman–Crippen LogP) is 5.93. The van der Waals surface area contributed by atoms with E-state index in [4.69, 9.17) is 25.1 Å². The molecule has 0 saturated heterocycles. The summed E-state index contributed by atoms with van der Waals surface area (Å²) in [4.78, 5) is 22.1. The average molecular weight is 590 g/mol. The number of benzene rings is 3. The van der Waals surface area contributed by atoms with Gasteiger partial charge in [0.05, 0.1) is 6.61 Å². The van der Waals surface area contributed by atoms with Crippen molar-refractivity contribution in [2.24, 2.45) is 10.1 Å². The molecule has 1 aliphatic carbocycles. The van der Waals surface area contributed by atoms with E-state index in [1.54, 1.807) is 12.1 Å². The molecule has 1 saturated carbocycles. The number of azide groups is 1. The molecule has 0 radical (unpaired) electrons. The van der Waals surface area contributed by atoms with Crippen LogP contribution >= 0.6 is 15.9 Å². The highest BCUT2D eigenvalue weighted by Crippen LogP contribution is 2.44. The maximum Gasteiger partial charge on any atom is 0.252 e. The number of hydrogen-bond donors (Lipinski definition) is 2. The van der Waals surface area contributed by atoms with Gasteiger partial charge >= 0.3 is 0 Å². The van der Waals surface area contributed by atoms with E-state index in [9.17, 15) is 4.79 Å². The minimum Gasteiger partial charge on any atom is -0.494 e. The normalized spacial score (nSPS) is 19.9. The number of rotatable bonds is 11. The van der Waals surface area contributed by atoms with Gasteiger partial charge in [0.2, 0.25) is 5.90 Å². The summed E-state index contributed by atoms with van der Waals surface area (Å²) in [5, 5.41) is 16.0. The number of aliphatic imine (C=N–C) groups is 1. The lowest BCUT2D eigenvalue weighted by Gasteiger charge is -2.31. The Morgan fingerprint density at radius 2 is 1.90 bits per heavy atom. The second kappa shape index (κ2) is 11.9. The third-order valence-corrected chi connectivity index (χ3v) is 7.25. The molecular formula is C29H28BrN5O4. The monoisotopic (exact) mass is 589 g/mol. The molecule has 0 spiro atoms. The zero-order valence-corrected chi connectivity index (χ0v) is 22.8. The molecule has 2 aliphatic rings. The first kappa shape index (κ1) is 26.7. The van der Waals surface area contributed by atoms with Gasteiger partial charge in [-0.1, -0.05) is 57.4 Å². The van der Waals surface area contributed by atoms with E-state index in [-0.39, 0.29) is 25.0 Å². The number of carbonyl (C=O) groups excluding carboxylic acids is 1. The number of nitrogens with zero attached hydrogens (tertiary/aromatic N) is 4. The van der Waals surface area contributed by atoms with Crippen LogP contribution in [-0.2, 0) is 16.0 Å². The van der Waals surface area contributed by atoms with Crippen LogP contribution in [-0.4, -0.2) is 41.7 Å². The van der Waals surface area contributed by atoms with Crippen LogP contribution < -0.4 is 10.1 Å². The summed E-state index contributed by atoms with van der Waals surface area (Å²) in [6.07, 6.45) is 1.85. The lowest BCUT2D eigenvalue weighted by molar-refractivity contribution is -0.129. The number of nitrogens with one attached hydrogen (secondary N) is 1. The Bertz CT molecular complexity index is 1400. The lowest BCUT2D eigenvalue weighted by Crippen LogP contribution is -2.50. The molecule has 0 unspecified atom stereocenters. The van der Waals surface area contributed by atoms with Crippen LogP contribution in [0.25, 0.3) is 10.4 Å². The molecule has 2 N–H and O–H groups in total. The molecule has 1 aliphatic heterocycles. The number of aliphatic hydroxyl groups is 1. The van der Waals surface area contributed by atoms with Gasteiger partial charge in [0, 0.05) is 46.1 Å². The van der Waals surface area contributed by atoms with Gasteiger partial charge in [0.1, 0.15) is 5.75 Å². The smallest absolute Gasteiger partial charge is 0.252 e. The van der Waals surface area contributed by atoms with Crippen molar-refractivity contribution in [3.63, 3.8) is 0 Å². The van der Waals surface area contributed by atoms with E-state index in [0.717, 1.165) is 22.9 Å². The summed E-state index contributed by atoms with van der Waals surface area (Å²) < 4.78 is 13.1. The molecule has 10 heteroatoms. The van der Waals surface area contributed by atoms with E-state index < -0.39 is 11.6 Å². The minimum atomic E-state index is -1.34. The van der Waals surface area contributed by atoms with E-state index in [0.29, 0.717) is 41.5 Å². The summed E-state index contributed by atoms with van der Waals surface area (Å²) in [6, 6.07) is 22.3. The van der Waals surface area contributed by atoms with Gasteiger partial charge in [-0.3, -0.25) is 4.79 Å². The number of halogens is 1. The van der Waals surface area contributed by atoms with Crippen LogP contribution in [0.5, 0.6) is 5.75 Å². The minimum absolute atomic E-state index is 0.0635. The topological polar surface area (TPSA) is 129 Å². The summed E-state index contributed by atoms with van der Waals surface area (Å²) >= 11 is 3.49. The molecule has 200 valence electrons. The molecule has 3 aromatic carbocycles. The van der Waals surface area contributed by atoms with Gasteiger partial charge in [0.15, 0.2) is 11.6 Å². The highest BCUT2D eigenvalue weighted by atomic mass is 79.9. The summed E-state index contributed by atoms with van der Waals surface area (Å²) in [7, 11) is 0. The molecule has 2 atom stereocenters. The van der Waals surface area contributed by atoms with Gasteiger partial charge in [-0.25, -0.2) is 4.99 Å². The Morgan fingerprint density at radius 1 is 1.15 bits per heavy atom. The number of aliphatic hydroxyl groups excluding tert-OH is 1. The van der Waals surface area contributed by atoms with Crippen molar-refractivity contribution in [2.75, 3.05) is 13.2 Å². The Morgan fingerprint density at radius 3 is 2.59 bits per heavy atom. The molecule has 9 nitrogen and oxygen atoms in total. The molecular weight excluding hydrogens is 562 g/mol. The van der Waals surface area contributed by atoms with Crippen LogP contribution in [0.3, 0.4) is 0 Å². The Kier molecular flexibility index (Phi) is 8.16. The first-order chi connectivity index (χ1) is 19.0. The molecule has 3 aromatic rings. The van der Waals surface area contributed by atoms with Crippen molar-refractivity contribution < 1.29 is 19.4 Å². The van der Waals surface area contributed by atoms with Crippen molar-refractivity contribution in [2.45, 2.75) is 43.4 Å². The van der Waals surface area contributed by atoms with Crippen LogP contribution in [0.15, 0.2) is 87.4 Å². The summed E-state index contributed by atoms with van der Waals surface area (Å²) in [5.41, 5.74) is 10.4. The number of carbonyl (C=O) groups is 1. The van der Waals surface area contributed by atoms with Gasteiger partial charge < -0.3 is 19.9 Å². The van der Waals surface area contributed by atoms with Gasteiger partial charge in [-0.15, -0.1) is 0 Å². The molecule has 5 rings (SSSR count). The maximum absolute atomic E-state index is 14.1. The Labute approximate surface area is 234 Å². The largest absolute Gasteiger partial charge is 0.494 e. The quantitative estimate of drug-likeness (QED) is 0.124. The highest BCUT2D eigenvalue weighted by Gasteiger charge is 2.54. The summed E-state index contributed by atoms with van der Waals surface area (Å²) in [5.74, 6) is 0.779. The first-order valence-electron chi connectivity index (χ1n) is 12.8. The molecule has 1 heterocycles. The Hall–Kier alpha value is -3.85. The summed E-state index contributed by atoms with van der Waals surface area (Å²) in [6.45, 7) is 0.474. The zero-order chi connectivity index (χ0) is 27.2. The van der Waals surface area contributed by atoms with Crippen LogP contribution in [0.4, 0.5) is 5.69 Å². The fourth-order valence-corrected chi connectivity index (χ4v) is 4.82. The molecule has 1 amide bonds. The number of hydrogen-bond acceptors (Lipinski definition) is 6. The molecule has 0 aromatic heterocycles. The van der Waals surface area contributed by atoms with Gasteiger partial charge in [0.25, 0.3) is 5.91 Å². The van der Waals surface area contributed by atoms with Crippen LogP contribution in [0, 0.1) is 0 Å². The van der Waals surface area contributed by atoms with Crippen molar-refractivity contribution >= 4 is 33.4 Å². The van der Waals surface area contributed by atoms with E-state index in [2.05, 4.69) is 31.3 Å². The van der Waals surface area contributed by atoms with E-state index >= 15 is 0 Å². The third kappa shape index (κ3) is 6.09. The fraction of sp³-hybridized carbons (Fsp3) is 0.310. The fourth-order valence-electron chi connectivity index (χ4n) is 4.55. The zero-order valence-electron chi connectivity index (χ0n) is 21.2. The number of ether oxygens (including phenoxy) is 2. The van der Waals surface area contributed by atoms with Crippen molar-refractivity contribution in [1.82, 2.24) is 5.32 Å². The highest BCUT2D eigenvalue weighted by molar-refractivity contribution is 9.10. The van der Waals surface area contributed by atoms with Crippen molar-refractivity contribution in [3.8, 4) is 5.75 Å². The SMILES string of the molecule is [N-]=[N+]=Nc1ccccc1C[C@@]1(C(=O)NC2CC2)N=C(c2ccc(OCCCO)cc2)O[C@@H]1c1ccc(Br)cc1. The van der Waals surface area contributed by atoms with Crippen LogP contribution in [0.2, 0.25) is 0 Å². The lowest BCUT2D eigenvalue weighted by atomic mass is 9.81. The first-order valence-corrected chi connectivity index (χ1v) is 13.6. The van der Waals surface area contributed by atoms with Gasteiger partial charge in [-0.2, -0.15) is 0 Å². The van der Waals surface area contributed by atoms with Crippen LogP contribution in [0.1, 0.15) is 42.1 Å². The standard InChI is InChI=1S/C29H28BrN5O4/c30-22-10-6-19(7-11-22)26-29(28(37)32-23-12-13-23,18-21-4-1-2-5-25(21)34-35-31)33-27(39-26)20-8-14-24(15-9-20)38-17-3-16-36/h1-2,4-11,14-15,23,26,36H,3,12-13,16-18H2,(H,32,37)/t26-,29-/m1/s1. The molecule has 39 heavy (non-hydrogen) atoms. The van der Waals surface area contributed by atoms with Crippen molar-refractivity contribution in [3.05, 3.63) is 104 Å². The Balaban J connectivity index is 1.58. The second-order valence-electron chi connectivity index (χ2n) is 9.58. The second-order valence-corrected chi connectivity index (χ2v) is 10.5. The van der Waals surface area contributed by atoms with Crippen molar-refractivity contribution in [1.29, 1.82) is 0 Å². The van der Waals surface area contributed by atoms with E-state index in [1.807, 2.05) is 60.7 Å². The maximum atomic E-state index is 14.1. The third-order valence-electron chi connectivity index (χ3n) is 6.72. The number of amides is 1. The molecule has 0 bridgehead atoms. The average Bonchev–Trinajstić information content (AvgIpc) is 3.68.